The van der Waals surface area contributed by atoms with E-state index < -0.39 is 0 Å². The van der Waals surface area contributed by atoms with E-state index in [1.54, 1.807) is 19.2 Å². The lowest BCUT2D eigenvalue weighted by molar-refractivity contribution is 0.0749. The van der Waals surface area contributed by atoms with Gasteiger partial charge in [-0.3, -0.25) is 4.90 Å². The van der Waals surface area contributed by atoms with Crippen LogP contribution in [0.4, 0.5) is 0 Å². The lowest BCUT2D eigenvalue weighted by atomic mass is 9.70. The number of aromatic hydroxyl groups is 1. The maximum atomic E-state index is 10.3. The first-order valence-corrected chi connectivity index (χ1v) is 9.41. The van der Waals surface area contributed by atoms with Crippen molar-refractivity contribution in [3.05, 3.63) is 59.7 Å². The van der Waals surface area contributed by atoms with Gasteiger partial charge in [0, 0.05) is 29.6 Å². The van der Waals surface area contributed by atoms with Crippen LogP contribution in [0.25, 0.3) is 0 Å². The number of aliphatic hydroxyl groups excluding tert-OH is 1. The van der Waals surface area contributed by atoms with Gasteiger partial charge in [-0.1, -0.05) is 30.3 Å². The van der Waals surface area contributed by atoms with Gasteiger partial charge in [0.05, 0.1) is 13.7 Å². The molecule has 0 aromatic heterocycles. The summed E-state index contributed by atoms with van der Waals surface area (Å²) in [5.41, 5.74) is 2.23. The average molecular weight is 353 g/mol. The molecule has 0 amide bonds. The largest absolute Gasteiger partial charge is 0.508 e. The Labute approximate surface area is 155 Å². The van der Waals surface area contributed by atoms with Crippen LogP contribution in [0.5, 0.6) is 11.5 Å². The van der Waals surface area contributed by atoms with E-state index in [1.165, 1.54) is 12.0 Å². The van der Waals surface area contributed by atoms with Crippen LogP contribution in [0.2, 0.25) is 0 Å². The molecule has 2 saturated heterocycles. The number of phenolic OH excluding ortho intramolecular Hbond substituents is 1. The average Bonchev–Trinajstić information content (AvgIpc) is 3.17. The molecule has 4 nitrogen and oxygen atoms in total. The Balaban J connectivity index is 1.59. The van der Waals surface area contributed by atoms with Crippen molar-refractivity contribution in [2.45, 2.75) is 44.3 Å². The number of methoxy groups -OCH3 is 1. The van der Waals surface area contributed by atoms with Crippen molar-refractivity contribution in [2.24, 2.45) is 5.41 Å². The van der Waals surface area contributed by atoms with E-state index in [0.29, 0.717) is 12.1 Å². The first kappa shape index (κ1) is 17.4. The number of rotatable bonds is 6. The molecule has 2 aliphatic heterocycles. The zero-order valence-electron chi connectivity index (χ0n) is 15.3. The van der Waals surface area contributed by atoms with Crippen molar-refractivity contribution in [3.63, 3.8) is 0 Å². The van der Waals surface area contributed by atoms with Crippen LogP contribution in [0.3, 0.4) is 0 Å². The van der Waals surface area contributed by atoms with Gasteiger partial charge in [-0.25, -0.2) is 0 Å². The Morgan fingerprint density at radius 2 is 1.96 bits per heavy atom. The van der Waals surface area contributed by atoms with Gasteiger partial charge in [0.1, 0.15) is 11.5 Å². The maximum absolute atomic E-state index is 10.3. The van der Waals surface area contributed by atoms with Gasteiger partial charge in [-0.15, -0.1) is 0 Å². The molecule has 0 radical (unpaired) electrons. The van der Waals surface area contributed by atoms with Crippen molar-refractivity contribution >= 4 is 0 Å². The molecule has 138 valence electrons. The van der Waals surface area contributed by atoms with Crippen molar-refractivity contribution in [1.29, 1.82) is 0 Å². The molecule has 0 unspecified atom stereocenters. The van der Waals surface area contributed by atoms with Gasteiger partial charge < -0.3 is 14.9 Å². The Morgan fingerprint density at radius 1 is 1.15 bits per heavy atom. The molecule has 4 heteroatoms. The highest BCUT2D eigenvalue weighted by atomic mass is 16.5. The zero-order chi connectivity index (χ0) is 18.1. The van der Waals surface area contributed by atoms with Gasteiger partial charge in [-0.05, 0) is 49.4 Å². The minimum atomic E-state index is -0.0751. The van der Waals surface area contributed by atoms with Crippen LogP contribution < -0.4 is 4.74 Å². The minimum absolute atomic E-state index is 0.0751. The summed E-state index contributed by atoms with van der Waals surface area (Å²) in [6.45, 7) is 0.972. The van der Waals surface area contributed by atoms with Gasteiger partial charge in [0.2, 0.25) is 0 Å². The highest BCUT2D eigenvalue weighted by Gasteiger charge is 2.55. The Morgan fingerprint density at radius 3 is 2.69 bits per heavy atom. The number of nitrogens with zero attached hydrogens (tertiary/aromatic N) is 1. The highest BCUT2D eigenvalue weighted by Crippen LogP contribution is 2.52. The van der Waals surface area contributed by atoms with E-state index in [1.807, 2.05) is 12.1 Å². The summed E-state index contributed by atoms with van der Waals surface area (Å²) >= 11 is 0. The van der Waals surface area contributed by atoms with Gasteiger partial charge >= 0.3 is 0 Å². The predicted octanol–water partition coefficient (Wildman–Crippen LogP) is 3.36. The molecule has 2 fully saturated rings. The molecule has 0 saturated carbocycles. The van der Waals surface area contributed by atoms with Crippen LogP contribution in [0.15, 0.2) is 48.5 Å². The molecule has 26 heavy (non-hydrogen) atoms. The Bertz CT molecular complexity index is 763. The van der Waals surface area contributed by atoms with Crippen molar-refractivity contribution in [3.8, 4) is 11.5 Å². The Kier molecular flexibility index (Phi) is 4.63. The molecule has 2 bridgehead atoms. The van der Waals surface area contributed by atoms with Gasteiger partial charge in [0.15, 0.2) is 0 Å². The second kappa shape index (κ2) is 6.93. The van der Waals surface area contributed by atoms with E-state index in [2.05, 4.69) is 29.2 Å². The van der Waals surface area contributed by atoms with Crippen LogP contribution in [0.1, 0.15) is 30.4 Å². The van der Waals surface area contributed by atoms with Crippen molar-refractivity contribution < 1.29 is 14.9 Å². The highest BCUT2D eigenvalue weighted by molar-refractivity contribution is 5.40. The lowest BCUT2D eigenvalue weighted by Gasteiger charge is -2.36. The molecule has 2 aromatic carbocycles. The number of phenols is 1. The molecule has 3 atom stereocenters. The fraction of sp³-hybridized carbons (Fsp3) is 0.455. The summed E-state index contributed by atoms with van der Waals surface area (Å²) in [5.74, 6) is 1.08. The summed E-state index contributed by atoms with van der Waals surface area (Å²) in [4.78, 5) is 2.52. The first-order valence-electron chi connectivity index (χ1n) is 9.41. The molecule has 2 N–H and O–H groups in total. The van der Waals surface area contributed by atoms with Crippen LogP contribution in [-0.4, -0.2) is 40.9 Å². The number of ether oxygens (including phenoxy) is 1. The lowest BCUT2D eigenvalue weighted by Crippen LogP contribution is -2.41. The molecular weight excluding hydrogens is 326 g/mol. The molecule has 2 aromatic rings. The molecule has 2 heterocycles. The van der Waals surface area contributed by atoms with E-state index >= 15 is 0 Å². The quantitative estimate of drug-likeness (QED) is 0.836. The zero-order valence-corrected chi connectivity index (χ0v) is 15.3. The van der Waals surface area contributed by atoms with Crippen LogP contribution in [0, 0.1) is 5.41 Å². The number of hydrogen-bond donors (Lipinski definition) is 2. The van der Waals surface area contributed by atoms with Crippen molar-refractivity contribution in [2.75, 3.05) is 13.7 Å². The number of benzene rings is 2. The summed E-state index contributed by atoms with van der Waals surface area (Å²) in [6.07, 6.45) is 4.25. The Hall–Kier alpha value is -2.04. The third-order valence-corrected chi connectivity index (χ3v) is 6.32. The predicted molar refractivity (Wildman–Crippen MR) is 101 cm³/mol. The topological polar surface area (TPSA) is 52.9 Å². The monoisotopic (exact) mass is 353 g/mol. The van der Waals surface area contributed by atoms with Crippen molar-refractivity contribution in [1.82, 2.24) is 4.90 Å². The van der Waals surface area contributed by atoms with E-state index in [0.717, 1.165) is 37.1 Å². The second-order valence-electron chi connectivity index (χ2n) is 7.80. The summed E-state index contributed by atoms with van der Waals surface area (Å²) in [5, 5.41) is 20.2. The van der Waals surface area contributed by atoms with Crippen LogP contribution in [-0.2, 0) is 13.0 Å². The van der Waals surface area contributed by atoms with Crippen LogP contribution >= 0.6 is 0 Å². The second-order valence-corrected chi connectivity index (χ2v) is 7.80. The van der Waals surface area contributed by atoms with Gasteiger partial charge in [0.25, 0.3) is 0 Å². The number of hydrogen-bond acceptors (Lipinski definition) is 4. The van der Waals surface area contributed by atoms with E-state index in [9.17, 15) is 10.2 Å². The first-order chi connectivity index (χ1) is 12.6. The third-order valence-electron chi connectivity index (χ3n) is 6.32. The smallest absolute Gasteiger partial charge is 0.123 e. The summed E-state index contributed by atoms with van der Waals surface area (Å²) in [6, 6.07) is 16.6. The number of aliphatic hydroxyl groups is 1. The molecule has 0 spiro atoms. The third kappa shape index (κ3) is 2.97. The summed E-state index contributed by atoms with van der Waals surface area (Å²) in [7, 11) is 1.67. The molecule has 0 aliphatic carbocycles. The standard InChI is InChI=1S/C22H27NO3/c1-26-20-9-8-19(25)11-17(20)14-23-18-7-10-21(23)22(13-18,15-24)12-16-5-3-2-4-6-16/h2-6,8-9,11,18,21,24-25H,7,10,12-15H2,1H3/t18-,21+,22-/m0/s1. The van der Waals surface area contributed by atoms with E-state index in [4.69, 9.17) is 4.74 Å². The fourth-order valence-electron chi connectivity index (χ4n) is 5.16. The fourth-order valence-corrected chi connectivity index (χ4v) is 5.16. The maximum Gasteiger partial charge on any atom is 0.123 e. The summed E-state index contributed by atoms with van der Waals surface area (Å²) < 4.78 is 5.49. The normalized spacial score (nSPS) is 27.8. The van der Waals surface area contributed by atoms with E-state index in [-0.39, 0.29) is 17.8 Å². The number of fused-ring (bicyclic) bond motifs is 2. The van der Waals surface area contributed by atoms with Gasteiger partial charge in [-0.2, -0.15) is 0 Å². The minimum Gasteiger partial charge on any atom is -0.508 e. The molecule has 2 aliphatic rings. The molecule has 4 rings (SSSR count). The molecular formula is C22H27NO3. The SMILES string of the molecule is COc1ccc(O)cc1CN1[C@H]2CC[C@@H]1[C@@](CO)(Cc1ccccc1)C2.